The normalized spacial score (nSPS) is 28.9. The summed E-state index contributed by atoms with van der Waals surface area (Å²) < 4.78 is 11.2. The van der Waals surface area contributed by atoms with E-state index < -0.39 is 29.7 Å². The molecular weight excluding hydrogens is 450 g/mol. The molecule has 0 radical (unpaired) electrons. The van der Waals surface area contributed by atoms with Crippen LogP contribution in [0.3, 0.4) is 0 Å². The number of ether oxygens (including phenoxy) is 1. The molecular formula is C27H37NO7. The van der Waals surface area contributed by atoms with E-state index in [1.165, 1.54) is 0 Å². The molecule has 1 aliphatic rings. The van der Waals surface area contributed by atoms with E-state index in [9.17, 15) is 24.9 Å². The highest BCUT2D eigenvalue weighted by Crippen LogP contribution is 2.32. The monoisotopic (exact) mass is 487 g/mol. The molecule has 35 heavy (non-hydrogen) atoms. The Kier molecular flexibility index (Phi) is 8.85. The van der Waals surface area contributed by atoms with E-state index in [1.807, 2.05) is 19.9 Å². The van der Waals surface area contributed by atoms with Crippen molar-refractivity contribution in [2.75, 3.05) is 0 Å². The van der Waals surface area contributed by atoms with E-state index in [-0.39, 0.29) is 37.0 Å². The Morgan fingerprint density at radius 2 is 1.91 bits per heavy atom. The summed E-state index contributed by atoms with van der Waals surface area (Å²) in [7, 11) is 0. The van der Waals surface area contributed by atoms with Crippen molar-refractivity contribution in [3.63, 3.8) is 0 Å². The largest absolute Gasteiger partial charge is 0.457 e. The number of hydrogen-bond acceptors (Lipinski definition) is 8. The number of ketones is 1. The van der Waals surface area contributed by atoms with Crippen molar-refractivity contribution in [3.8, 4) is 0 Å². The van der Waals surface area contributed by atoms with E-state index in [0.717, 1.165) is 30.4 Å². The van der Waals surface area contributed by atoms with Gasteiger partial charge < -0.3 is 24.5 Å². The average molecular weight is 488 g/mol. The first-order valence-corrected chi connectivity index (χ1v) is 12.3. The van der Waals surface area contributed by atoms with Crippen LogP contribution in [-0.2, 0) is 20.9 Å². The molecule has 0 saturated carbocycles. The molecule has 1 aliphatic heterocycles. The van der Waals surface area contributed by atoms with Gasteiger partial charge in [-0.05, 0) is 49.8 Å². The Bertz CT molecular complexity index is 1070. The van der Waals surface area contributed by atoms with Gasteiger partial charge in [0.2, 0.25) is 5.89 Å². The van der Waals surface area contributed by atoms with E-state index in [1.54, 1.807) is 32.0 Å². The van der Waals surface area contributed by atoms with Gasteiger partial charge >= 0.3 is 5.97 Å². The molecule has 3 N–H and O–H groups in total. The zero-order valence-electron chi connectivity index (χ0n) is 21.0. The van der Waals surface area contributed by atoms with Gasteiger partial charge in [0.25, 0.3) is 0 Å². The number of benzene rings is 1. The number of allylic oxidation sites excluding steroid dienone is 1. The maximum atomic E-state index is 12.9. The van der Waals surface area contributed by atoms with Crippen LogP contribution >= 0.6 is 0 Å². The van der Waals surface area contributed by atoms with Gasteiger partial charge in [-0.15, -0.1) is 0 Å². The molecule has 0 amide bonds. The number of cyclic esters (lactones) is 1. The molecule has 8 nitrogen and oxygen atoms in total. The molecule has 1 aromatic heterocycles. The summed E-state index contributed by atoms with van der Waals surface area (Å²) in [6.07, 6.45) is 1.88. The van der Waals surface area contributed by atoms with Crippen molar-refractivity contribution in [1.82, 2.24) is 4.98 Å². The van der Waals surface area contributed by atoms with Gasteiger partial charge in [0.1, 0.15) is 24.0 Å². The quantitative estimate of drug-likeness (QED) is 0.425. The molecule has 0 fully saturated rings. The predicted molar refractivity (Wildman–Crippen MR) is 130 cm³/mol. The molecule has 4 atom stereocenters. The van der Waals surface area contributed by atoms with E-state index in [4.69, 9.17) is 9.15 Å². The fourth-order valence-electron chi connectivity index (χ4n) is 4.28. The number of aromatic nitrogens is 1. The zero-order valence-corrected chi connectivity index (χ0v) is 21.0. The van der Waals surface area contributed by atoms with Crippen LogP contribution in [0.15, 0.2) is 34.3 Å². The molecule has 2 heterocycles. The van der Waals surface area contributed by atoms with Gasteiger partial charge in [-0.3, -0.25) is 9.59 Å². The summed E-state index contributed by atoms with van der Waals surface area (Å²) >= 11 is 0. The van der Waals surface area contributed by atoms with Crippen LogP contribution in [0.25, 0.3) is 11.1 Å². The number of aliphatic hydroxyl groups excluding tert-OH is 3. The number of carbonyl (C=O) groups is 2. The van der Waals surface area contributed by atoms with Gasteiger partial charge in [0.05, 0.1) is 18.6 Å². The lowest BCUT2D eigenvalue weighted by Gasteiger charge is -2.31. The minimum absolute atomic E-state index is 0.0525. The molecule has 8 heteroatoms. The molecule has 1 aromatic carbocycles. The van der Waals surface area contributed by atoms with Crippen LogP contribution in [0.2, 0.25) is 0 Å². The first-order chi connectivity index (χ1) is 16.5. The lowest BCUT2D eigenvalue weighted by molar-refractivity contribution is -0.155. The standard InChI is InChI=1S/C27H37NO7/c1-16-6-5-7-17(2)20(30)13-23(31)27(3,4)24(32)14-26(33)35-21(10-8-16)18-9-11-22-19(12-18)28-25(15-29)34-22/h8-9,11-12,17,20-21,24,29-30,32H,5-7,10,13-15H2,1-4H3/b16-8-. The Morgan fingerprint density at radius 1 is 1.17 bits per heavy atom. The molecule has 0 aliphatic carbocycles. The Labute approximate surface area is 206 Å². The highest BCUT2D eigenvalue weighted by atomic mass is 16.5. The maximum Gasteiger partial charge on any atom is 0.309 e. The third-order valence-corrected chi connectivity index (χ3v) is 7.11. The second-order valence-corrected chi connectivity index (χ2v) is 10.3. The highest BCUT2D eigenvalue weighted by Gasteiger charge is 2.38. The second-order valence-electron chi connectivity index (χ2n) is 10.3. The minimum atomic E-state index is -1.25. The summed E-state index contributed by atoms with van der Waals surface area (Å²) in [6, 6.07) is 5.29. The number of esters is 1. The Hall–Kier alpha value is -2.55. The number of fused-ring (bicyclic) bond motifs is 1. The summed E-state index contributed by atoms with van der Waals surface area (Å²) in [4.78, 5) is 30.0. The Balaban J connectivity index is 1.89. The summed E-state index contributed by atoms with van der Waals surface area (Å²) in [6.45, 7) is 6.82. The fourth-order valence-corrected chi connectivity index (χ4v) is 4.28. The number of carbonyl (C=O) groups excluding carboxylic acids is 2. The van der Waals surface area contributed by atoms with Gasteiger partial charge in [-0.2, -0.15) is 0 Å². The average Bonchev–Trinajstić information content (AvgIpc) is 3.23. The smallest absolute Gasteiger partial charge is 0.309 e. The van der Waals surface area contributed by atoms with Crippen LogP contribution in [0.1, 0.15) is 83.8 Å². The predicted octanol–water partition coefficient (Wildman–Crippen LogP) is 4.16. The summed E-state index contributed by atoms with van der Waals surface area (Å²) in [5.74, 6) is -0.750. The van der Waals surface area contributed by atoms with Crippen molar-refractivity contribution < 1.29 is 34.1 Å². The van der Waals surface area contributed by atoms with Crippen LogP contribution in [0.4, 0.5) is 0 Å². The van der Waals surface area contributed by atoms with E-state index in [2.05, 4.69) is 4.98 Å². The van der Waals surface area contributed by atoms with Crippen LogP contribution < -0.4 is 0 Å². The SMILES string of the molecule is C/C1=C/CC(c2ccc3oc(CO)nc3c2)OC(=O)CC(O)C(C)(C)C(=O)CC(O)C(C)CCC1. The van der Waals surface area contributed by atoms with Crippen molar-refractivity contribution >= 4 is 22.9 Å². The number of hydrogen-bond donors (Lipinski definition) is 3. The summed E-state index contributed by atoms with van der Waals surface area (Å²) in [5.41, 5.74) is 1.73. The van der Waals surface area contributed by atoms with Gasteiger partial charge in [0, 0.05) is 18.3 Å². The van der Waals surface area contributed by atoms with E-state index in [0.29, 0.717) is 17.5 Å². The maximum absolute atomic E-state index is 12.9. The molecule has 0 spiro atoms. The minimum Gasteiger partial charge on any atom is -0.457 e. The van der Waals surface area contributed by atoms with Crippen LogP contribution in [0, 0.1) is 11.3 Å². The zero-order chi connectivity index (χ0) is 25.8. The Morgan fingerprint density at radius 3 is 2.63 bits per heavy atom. The summed E-state index contributed by atoms with van der Waals surface area (Å²) in [5, 5.41) is 30.6. The lowest BCUT2D eigenvalue weighted by atomic mass is 9.77. The third-order valence-electron chi connectivity index (χ3n) is 7.11. The number of aliphatic hydroxyl groups is 3. The molecule has 192 valence electrons. The fraction of sp³-hybridized carbons (Fsp3) is 0.593. The molecule has 0 bridgehead atoms. The highest BCUT2D eigenvalue weighted by molar-refractivity contribution is 5.86. The topological polar surface area (TPSA) is 130 Å². The third kappa shape index (κ3) is 6.78. The van der Waals surface area contributed by atoms with Crippen LogP contribution in [0.5, 0.6) is 0 Å². The number of nitrogens with zero attached hydrogens (tertiary/aromatic N) is 1. The number of oxazole rings is 1. The lowest BCUT2D eigenvalue weighted by Crippen LogP contribution is -2.41. The first kappa shape index (κ1) is 27.0. The number of rotatable bonds is 2. The van der Waals surface area contributed by atoms with Crippen LogP contribution in [-0.4, -0.2) is 44.3 Å². The molecule has 0 saturated heterocycles. The van der Waals surface area contributed by atoms with Crippen molar-refractivity contribution in [2.24, 2.45) is 11.3 Å². The van der Waals surface area contributed by atoms with Crippen molar-refractivity contribution in [2.45, 2.75) is 91.1 Å². The van der Waals surface area contributed by atoms with Crippen molar-refractivity contribution in [1.29, 1.82) is 0 Å². The second kappa shape index (κ2) is 11.5. The van der Waals surface area contributed by atoms with Crippen molar-refractivity contribution in [3.05, 3.63) is 41.3 Å². The molecule has 2 aromatic rings. The molecule has 4 unspecified atom stereocenters. The van der Waals surface area contributed by atoms with E-state index >= 15 is 0 Å². The van der Waals surface area contributed by atoms with Gasteiger partial charge in [-0.1, -0.05) is 38.5 Å². The van der Waals surface area contributed by atoms with Gasteiger partial charge in [-0.25, -0.2) is 4.98 Å². The first-order valence-electron chi connectivity index (χ1n) is 12.3. The molecule has 3 rings (SSSR count). The number of Topliss-reactive ketones (excluding diaryl/α,β-unsaturated/α-hetero) is 1. The van der Waals surface area contributed by atoms with Gasteiger partial charge in [0.15, 0.2) is 5.58 Å².